The number of hydrogen-bond donors (Lipinski definition) is 2. The van der Waals surface area contributed by atoms with E-state index >= 15 is 0 Å². The van der Waals surface area contributed by atoms with Gasteiger partial charge >= 0.3 is 0 Å². The summed E-state index contributed by atoms with van der Waals surface area (Å²) in [6.07, 6.45) is 9.10. The maximum Gasteiger partial charge on any atom is 0.220 e. The van der Waals surface area contributed by atoms with Crippen LogP contribution < -0.4 is 10.6 Å². The fourth-order valence-corrected chi connectivity index (χ4v) is 3.51. The first-order valence-electron chi connectivity index (χ1n) is 8.79. The molecule has 0 spiro atoms. The number of carbonyl (C=O) groups excluding carboxylic acids is 1. The van der Waals surface area contributed by atoms with Crippen LogP contribution in [0.15, 0.2) is 0 Å². The van der Waals surface area contributed by atoms with Crippen LogP contribution in [0.3, 0.4) is 0 Å². The van der Waals surface area contributed by atoms with Crippen LogP contribution in [0, 0.1) is 11.3 Å². The SMILES string of the molecule is CCOCCC1(CNC(=O)CCC2CCNCC2)CCC1. The molecule has 0 atom stereocenters. The predicted molar refractivity (Wildman–Crippen MR) is 85.2 cm³/mol. The van der Waals surface area contributed by atoms with Gasteiger partial charge in [0.1, 0.15) is 0 Å². The van der Waals surface area contributed by atoms with E-state index in [1.54, 1.807) is 0 Å². The molecule has 2 N–H and O–H groups in total. The summed E-state index contributed by atoms with van der Waals surface area (Å²) in [7, 11) is 0. The van der Waals surface area contributed by atoms with Gasteiger partial charge in [0.15, 0.2) is 0 Å². The standard InChI is InChI=1S/C17H32N2O2/c1-2-21-13-10-17(8-3-9-17)14-19-16(20)5-4-15-6-11-18-12-7-15/h15,18H,2-14H2,1H3,(H,19,20). The van der Waals surface area contributed by atoms with Crippen molar-refractivity contribution in [3.8, 4) is 0 Å². The summed E-state index contributed by atoms with van der Waals surface area (Å²) in [5.41, 5.74) is 0.333. The molecule has 4 nitrogen and oxygen atoms in total. The van der Waals surface area contributed by atoms with E-state index in [1.165, 1.54) is 32.1 Å². The number of hydrogen-bond acceptors (Lipinski definition) is 3. The van der Waals surface area contributed by atoms with Gasteiger partial charge in [-0.1, -0.05) is 6.42 Å². The molecule has 0 aromatic rings. The van der Waals surface area contributed by atoms with E-state index in [2.05, 4.69) is 10.6 Å². The van der Waals surface area contributed by atoms with Crippen molar-refractivity contribution in [3.05, 3.63) is 0 Å². The van der Waals surface area contributed by atoms with Gasteiger partial charge in [-0.15, -0.1) is 0 Å². The van der Waals surface area contributed by atoms with Crippen molar-refractivity contribution in [1.82, 2.24) is 10.6 Å². The zero-order valence-electron chi connectivity index (χ0n) is 13.6. The van der Waals surface area contributed by atoms with Crippen molar-refractivity contribution < 1.29 is 9.53 Å². The lowest BCUT2D eigenvalue weighted by molar-refractivity contribution is -0.122. The Hall–Kier alpha value is -0.610. The van der Waals surface area contributed by atoms with E-state index in [1.807, 2.05) is 6.92 Å². The number of nitrogens with one attached hydrogen (secondary N) is 2. The van der Waals surface area contributed by atoms with E-state index < -0.39 is 0 Å². The van der Waals surface area contributed by atoms with Crippen molar-refractivity contribution in [2.45, 2.75) is 58.3 Å². The summed E-state index contributed by atoms with van der Waals surface area (Å²) < 4.78 is 5.48. The Morgan fingerprint density at radius 2 is 2.10 bits per heavy atom. The lowest BCUT2D eigenvalue weighted by atomic mass is 9.66. The Kier molecular flexibility index (Phi) is 6.97. The third kappa shape index (κ3) is 5.59. The molecule has 4 heteroatoms. The van der Waals surface area contributed by atoms with Gasteiger partial charge in [-0.25, -0.2) is 0 Å². The maximum atomic E-state index is 12.0. The Balaban J connectivity index is 1.60. The normalized spacial score (nSPS) is 21.8. The summed E-state index contributed by atoms with van der Waals surface area (Å²) in [4.78, 5) is 12.0. The average molecular weight is 296 g/mol. The Morgan fingerprint density at radius 1 is 1.33 bits per heavy atom. The quantitative estimate of drug-likeness (QED) is 0.643. The molecule has 0 unspecified atom stereocenters. The highest BCUT2D eigenvalue weighted by molar-refractivity contribution is 5.75. The van der Waals surface area contributed by atoms with Gasteiger partial charge in [0.2, 0.25) is 5.91 Å². The molecule has 1 saturated carbocycles. The third-order valence-corrected chi connectivity index (χ3v) is 5.29. The molecule has 0 aromatic heterocycles. The molecule has 1 heterocycles. The number of piperidine rings is 1. The minimum Gasteiger partial charge on any atom is -0.382 e. The van der Waals surface area contributed by atoms with E-state index in [9.17, 15) is 4.79 Å². The highest BCUT2D eigenvalue weighted by Crippen LogP contribution is 2.43. The van der Waals surface area contributed by atoms with Gasteiger partial charge in [0, 0.05) is 26.2 Å². The summed E-state index contributed by atoms with van der Waals surface area (Å²) in [5, 5.41) is 6.56. The lowest BCUT2D eigenvalue weighted by Crippen LogP contribution is -2.43. The molecule has 2 rings (SSSR count). The van der Waals surface area contributed by atoms with Gasteiger partial charge < -0.3 is 15.4 Å². The molecule has 122 valence electrons. The molecule has 0 aromatic carbocycles. The topological polar surface area (TPSA) is 50.4 Å². The fourth-order valence-electron chi connectivity index (χ4n) is 3.51. The highest BCUT2D eigenvalue weighted by Gasteiger charge is 2.36. The Labute approximate surface area is 129 Å². The van der Waals surface area contributed by atoms with Gasteiger partial charge in [-0.2, -0.15) is 0 Å². The molecule has 2 fully saturated rings. The van der Waals surface area contributed by atoms with Crippen LogP contribution in [0.4, 0.5) is 0 Å². The van der Waals surface area contributed by atoms with Gasteiger partial charge in [-0.05, 0) is 69.9 Å². The molecule has 0 bridgehead atoms. The van der Waals surface area contributed by atoms with E-state index in [0.29, 0.717) is 11.8 Å². The first-order valence-corrected chi connectivity index (χ1v) is 8.79. The molecular formula is C17H32N2O2. The van der Waals surface area contributed by atoms with E-state index in [-0.39, 0.29) is 5.91 Å². The summed E-state index contributed by atoms with van der Waals surface area (Å²) >= 11 is 0. The summed E-state index contributed by atoms with van der Waals surface area (Å²) in [5.74, 6) is 0.990. The Morgan fingerprint density at radius 3 is 2.71 bits per heavy atom. The zero-order valence-corrected chi connectivity index (χ0v) is 13.6. The summed E-state index contributed by atoms with van der Waals surface area (Å²) in [6.45, 7) is 6.75. The number of rotatable bonds is 9. The van der Waals surface area contributed by atoms with Crippen molar-refractivity contribution in [2.75, 3.05) is 32.8 Å². The molecule has 2 aliphatic rings. The monoisotopic (exact) mass is 296 g/mol. The molecule has 21 heavy (non-hydrogen) atoms. The van der Waals surface area contributed by atoms with Gasteiger partial charge in [0.05, 0.1) is 0 Å². The van der Waals surface area contributed by atoms with E-state index in [0.717, 1.165) is 51.6 Å². The first-order chi connectivity index (χ1) is 10.2. The molecule has 1 saturated heterocycles. The third-order valence-electron chi connectivity index (χ3n) is 5.29. The molecular weight excluding hydrogens is 264 g/mol. The van der Waals surface area contributed by atoms with Crippen molar-refractivity contribution in [2.24, 2.45) is 11.3 Å². The van der Waals surface area contributed by atoms with Crippen molar-refractivity contribution >= 4 is 5.91 Å². The lowest BCUT2D eigenvalue weighted by Gasteiger charge is -2.42. The predicted octanol–water partition coefficient (Wildman–Crippen LogP) is 2.48. The second-order valence-electron chi connectivity index (χ2n) is 6.81. The van der Waals surface area contributed by atoms with Gasteiger partial charge in [0.25, 0.3) is 0 Å². The molecule has 1 aliphatic carbocycles. The van der Waals surface area contributed by atoms with Crippen LogP contribution in [0.1, 0.15) is 58.3 Å². The zero-order chi connectivity index (χ0) is 15.0. The highest BCUT2D eigenvalue weighted by atomic mass is 16.5. The van der Waals surface area contributed by atoms with Crippen LogP contribution in [0.5, 0.6) is 0 Å². The minimum absolute atomic E-state index is 0.246. The maximum absolute atomic E-state index is 12.0. The van der Waals surface area contributed by atoms with Crippen LogP contribution in [-0.2, 0) is 9.53 Å². The summed E-state index contributed by atoms with van der Waals surface area (Å²) in [6, 6.07) is 0. The fraction of sp³-hybridized carbons (Fsp3) is 0.941. The Bertz CT molecular complexity index is 310. The minimum atomic E-state index is 0.246. The molecule has 0 radical (unpaired) electrons. The number of amides is 1. The van der Waals surface area contributed by atoms with Crippen LogP contribution in [0.2, 0.25) is 0 Å². The largest absolute Gasteiger partial charge is 0.382 e. The van der Waals surface area contributed by atoms with Crippen LogP contribution in [-0.4, -0.2) is 38.8 Å². The number of carbonyl (C=O) groups is 1. The second-order valence-corrected chi connectivity index (χ2v) is 6.81. The second kappa shape index (κ2) is 8.74. The van der Waals surface area contributed by atoms with Crippen LogP contribution in [0.25, 0.3) is 0 Å². The van der Waals surface area contributed by atoms with Crippen molar-refractivity contribution in [3.63, 3.8) is 0 Å². The smallest absolute Gasteiger partial charge is 0.220 e. The molecule has 1 aliphatic heterocycles. The molecule has 1 amide bonds. The van der Waals surface area contributed by atoms with Gasteiger partial charge in [-0.3, -0.25) is 4.79 Å². The first kappa shape index (κ1) is 16.8. The average Bonchev–Trinajstić information content (AvgIpc) is 2.48. The van der Waals surface area contributed by atoms with E-state index in [4.69, 9.17) is 4.74 Å². The van der Waals surface area contributed by atoms with Crippen molar-refractivity contribution in [1.29, 1.82) is 0 Å². The van der Waals surface area contributed by atoms with Crippen LogP contribution >= 0.6 is 0 Å². The number of ether oxygens (including phenoxy) is 1.